The Hall–Kier alpha value is -1.93. The van der Waals surface area contributed by atoms with Gasteiger partial charge in [0.05, 0.1) is 0 Å². The maximum atomic E-state index is 11.3. The Morgan fingerprint density at radius 2 is 2.18 bits per heavy atom. The van der Waals surface area contributed by atoms with Gasteiger partial charge >= 0.3 is 5.97 Å². The van der Waals surface area contributed by atoms with Crippen LogP contribution >= 0.6 is 0 Å². The van der Waals surface area contributed by atoms with Crippen molar-refractivity contribution in [3.63, 3.8) is 0 Å². The Morgan fingerprint density at radius 1 is 1.45 bits per heavy atom. The second-order valence-corrected chi connectivity index (χ2v) is 5.32. The van der Waals surface area contributed by atoms with Crippen LogP contribution in [0.3, 0.4) is 0 Å². The summed E-state index contributed by atoms with van der Waals surface area (Å²) in [6.45, 7) is 1.18. The van der Waals surface area contributed by atoms with Crippen LogP contribution in [-0.4, -0.2) is 46.3 Å². The predicted molar refractivity (Wildman–Crippen MR) is 81.1 cm³/mol. The van der Waals surface area contributed by atoms with Crippen LogP contribution in [0.15, 0.2) is 23.5 Å². The summed E-state index contributed by atoms with van der Waals surface area (Å²) in [5.41, 5.74) is 6.03. The quantitative estimate of drug-likeness (QED) is 0.268. The van der Waals surface area contributed by atoms with Gasteiger partial charge in [-0.2, -0.15) is 0 Å². The molecule has 0 spiro atoms. The minimum Gasteiger partial charge on any atom is -0.506 e. The molecule has 0 aromatic carbocycles. The van der Waals surface area contributed by atoms with E-state index in [1.165, 1.54) is 6.08 Å². The van der Waals surface area contributed by atoms with E-state index in [4.69, 9.17) is 5.73 Å². The number of nitro groups is 1. The lowest BCUT2D eigenvalue weighted by atomic mass is 9.94. The monoisotopic (exact) mass is 313 g/mol. The van der Waals surface area contributed by atoms with E-state index < -0.39 is 23.0 Å². The lowest BCUT2D eigenvalue weighted by molar-refractivity contribution is -0.516. The highest BCUT2D eigenvalue weighted by Gasteiger charge is 2.30. The summed E-state index contributed by atoms with van der Waals surface area (Å²) in [6.07, 6.45) is 5.71. The van der Waals surface area contributed by atoms with Crippen molar-refractivity contribution in [2.24, 2.45) is 5.73 Å². The molecule has 0 saturated carbocycles. The molecule has 22 heavy (non-hydrogen) atoms. The van der Waals surface area contributed by atoms with Crippen LogP contribution in [0.2, 0.25) is 0 Å². The minimum absolute atomic E-state index is 0.0357. The van der Waals surface area contributed by atoms with Gasteiger partial charge in [0.2, 0.25) is 0 Å². The Kier molecular flexibility index (Phi) is 7.55. The number of carbonyl (C=O) groups is 1. The molecule has 0 aliphatic heterocycles. The molecular formula is C14H23N3O5. The zero-order chi connectivity index (χ0) is 16.5. The molecule has 2 atom stereocenters. The lowest BCUT2D eigenvalue weighted by Crippen LogP contribution is -2.38. The van der Waals surface area contributed by atoms with Gasteiger partial charge in [0, 0.05) is 11.3 Å². The first-order valence-electron chi connectivity index (χ1n) is 7.34. The molecule has 0 heterocycles. The summed E-state index contributed by atoms with van der Waals surface area (Å²) in [5.74, 6) is -1.29. The molecule has 1 aliphatic rings. The third-order valence-corrected chi connectivity index (χ3v) is 3.58. The predicted octanol–water partition coefficient (Wildman–Crippen LogP) is 0.966. The molecule has 0 radical (unpaired) electrons. The molecule has 0 saturated heterocycles. The first kappa shape index (κ1) is 18.1. The van der Waals surface area contributed by atoms with Crippen LogP contribution < -0.4 is 11.1 Å². The third kappa shape index (κ3) is 5.82. The molecule has 0 aromatic rings. The number of aliphatic carboxylic acids is 1. The van der Waals surface area contributed by atoms with Gasteiger partial charge < -0.3 is 21.3 Å². The van der Waals surface area contributed by atoms with Crippen molar-refractivity contribution in [1.29, 1.82) is 0 Å². The summed E-state index contributed by atoms with van der Waals surface area (Å²) in [6, 6.07) is -1.97. The van der Waals surface area contributed by atoms with Gasteiger partial charge in [-0.15, -0.1) is 0 Å². The van der Waals surface area contributed by atoms with Crippen molar-refractivity contribution in [3.05, 3.63) is 33.6 Å². The number of allylic oxidation sites excluding steroid dienone is 2. The number of aliphatic hydroxyl groups is 1. The molecule has 5 N–H and O–H groups in total. The molecule has 124 valence electrons. The Balaban J connectivity index is 2.53. The van der Waals surface area contributed by atoms with Crippen molar-refractivity contribution in [2.75, 3.05) is 13.1 Å². The van der Waals surface area contributed by atoms with E-state index >= 15 is 0 Å². The first-order chi connectivity index (χ1) is 10.5. The normalized spacial score (nSPS) is 19.2. The van der Waals surface area contributed by atoms with Gasteiger partial charge in [-0.3, -0.25) is 14.9 Å². The van der Waals surface area contributed by atoms with E-state index in [-0.39, 0.29) is 18.6 Å². The van der Waals surface area contributed by atoms with Gasteiger partial charge in [0.1, 0.15) is 6.04 Å². The van der Waals surface area contributed by atoms with Crippen molar-refractivity contribution in [1.82, 2.24) is 5.32 Å². The standard InChI is InChI=1S/C14H23N3O5/c15-6-2-1-3-7-16-11(14(19)20)8-10-4-5-13(18)12(9-10)17(21)22/h4-5,11-12,16,18H,1-3,6-9,15H2,(H,19,20). The summed E-state index contributed by atoms with van der Waals surface area (Å²) >= 11 is 0. The summed E-state index contributed by atoms with van der Waals surface area (Å²) < 4.78 is 0. The zero-order valence-corrected chi connectivity index (χ0v) is 12.4. The van der Waals surface area contributed by atoms with E-state index in [9.17, 15) is 25.1 Å². The van der Waals surface area contributed by atoms with E-state index in [1.54, 1.807) is 6.08 Å². The SMILES string of the molecule is NCCCCCNC(CC1=CC=C(O)C([N+](=O)[O-])C1)C(=O)O. The highest BCUT2D eigenvalue weighted by Crippen LogP contribution is 2.23. The number of nitrogens with two attached hydrogens (primary N) is 1. The average molecular weight is 313 g/mol. The van der Waals surface area contributed by atoms with E-state index in [0.29, 0.717) is 18.7 Å². The zero-order valence-electron chi connectivity index (χ0n) is 12.4. The number of carboxylic acids is 1. The maximum Gasteiger partial charge on any atom is 0.321 e. The largest absolute Gasteiger partial charge is 0.506 e. The van der Waals surface area contributed by atoms with Crippen LogP contribution in [0, 0.1) is 10.1 Å². The third-order valence-electron chi connectivity index (χ3n) is 3.58. The topological polar surface area (TPSA) is 139 Å². The summed E-state index contributed by atoms with van der Waals surface area (Å²) in [7, 11) is 0. The lowest BCUT2D eigenvalue weighted by Gasteiger charge is -2.19. The second-order valence-electron chi connectivity index (χ2n) is 5.32. The van der Waals surface area contributed by atoms with Crippen LogP contribution in [0.25, 0.3) is 0 Å². The molecule has 0 amide bonds. The molecule has 8 heteroatoms. The van der Waals surface area contributed by atoms with Gasteiger partial charge in [0.15, 0.2) is 5.76 Å². The van der Waals surface area contributed by atoms with Crippen molar-refractivity contribution in [2.45, 2.75) is 44.2 Å². The second kappa shape index (κ2) is 9.16. The number of hydrogen-bond donors (Lipinski definition) is 4. The van der Waals surface area contributed by atoms with Crippen LogP contribution in [0.4, 0.5) is 0 Å². The fourth-order valence-electron chi connectivity index (χ4n) is 2.30. The Labute approximate surface area is 128 Å². The van der Waals surface area contributed by atoms with Crippen LogP contribution in [-0.2, 0) is 4.79 Å². The number of nitrogens with one attached hydrogen (secondary N) is 1. The van der Waals surface area contributed by atoms with Gasteiger partial charge in [-0.1, -0.05) is 18.1 Å². The number of carboxylic acid groups (broad SMARTS) is 1. The molecular weight excluding hydrogens is 290 g/mol. The summed E-state index contributed by atoms with van der Waals surface area (Å²) in [5, 5.41) is 32.5. The minimum atomic E-state index is -1.18. The van der Waals surface area contributed by atoms with E-state index in [1.807, 2.05) is 0 Å². The molecule has 0 aromatic heterocycles. The van der Waals surface area contributed by atoms with E-state index in [0.717, 1.165) is 19.3 Å². The van der Waals surface area contributed by atoms with Crippen molar-refractivity contribution < 1.29 is 19.9 Å². The van der Waals surface area contributed by atoms with Crippen LogP contribution in [0.1, 0.15) is 32.1 Å². The van der Waals surface area contributed by atoms with Crippen molar-refractivity contribution in [3.8, 4) is 0 Å². The molecule has 1 aliphatic carbocycles. The van der Waals surface area contributed by atoms with E-state index in [2.05, 4.69) is 5.32 Å². The highest BCUT2D eigenvalue weighted by atomic mass is 16.6. The molecule has 2 unspecified atom stereocenters. The molecule has 0 bridgehead atoms. The maximum absolute atomic E-state index is 11.3. The first-order valence-corrected chi connectivity index (χ1v) is 7.34. The number of rotatable bonds is 10. The number of nitrogens with zero attached hydrogens (tertiary/aromatic N) is 1. The number of hydrogen-bond acceptors (Lipinski definition) is 6. The van der Waals surface area contributed by atoms with Crippen molar-refractivity contribution >= 4 is 5.97 Å². The van der Waals surface area contributed by atoms with Gasteiger partial charge in [-0.25, -0.2) is 0 Å². The summed E-state index contributed by atoms with van der Waals surface area (Å²) in [4.78, 5) is 21.5. The number of aliphatic hydroxyl groups excluding tert-OH is 1. The number of unbranched alkanes of at least 4 members (excludes halogenated alkanes) is 2. The average Bonchev–Trinajstić information content (AvgIpc) is 2.47. The fourth-order valence-corrected chi connectivity index (χ4v) is 2.30. The smallest absolute Gasteiger partial charge is 0.321 e. The molecule has 0 fully saturated rings. The van der Waals surface area contributed by atoms with Gasteiger partial charge in [-0.05, 0) is 38.4 Å². The Morgan fingerprint density at radius 3 is 2.77 bits per heavy atom. The fraction of sp³-hybridized carbons (Fsp3) is 0.643. The van der Waals surface area contributed by atoms with Crippen LogP contribution in [0.5, 0.6) is 0 Å². The molecule has 1 rings (SSSR count). The Bertz CT molecular complexity index is 461. The molecule has 8 nitrogen and oxygen atoms in total. The van der Waals surface area contributed by atoms with Gasteiger partial charge in [0.25, 0.3) is 6.04 Å². The highest BCUT2D eigenvalue weighted by molar-refractivity contribution is 5.73.